The predicted octanol–water partition coefficient (Wildman–Crippen LogP) is 5.31. The van der Waals surface area contributed by atoms with Gasteiger partial charge in [0.2, 0.25) is 0 Å². The van der Waals surface area contributed by atoms with E-state index in [0.717, 1.165) is 11.8 Å². The van der Waals surface area contributed by atoms with Crippen molar-refractivity contribution in [3.8, 4) is 0 Å². The quantitative estimate of drug-likeness (QED) is 0.750. The lowest BCUT2D eigenvalue weighted by molar-refractivity contribution is -0.179. The third-order valence-corrected chi connectivity index (χ3v) is 6.71. The standard InChI is InChI=1S/C22H28O/c1-3-7-17(4-2)20-8-5-6-9-21(20)22(23)18-11-15-10-16(13-18)14-19(22)12-15/h3-9,15-16,18-19,23H,10-14H2,1-2H3/b7-3-,17-4+. The Morgan fingerprint density at radius 2 is 1.61 bits per heavy atom. The first-order chi connectivity index (χ1) is 11.2. The SMILES string of the molecule is C/C=C\C(=C/C)c1ccccc1C1(O)C2CC3CC(C2)CC1C3. The maximum absolute atomic E-state index is 11.9. The van der Waals surface area contributed by atoms with Gasteiger partial charge in [0, 0.05) is 0 Å². The molecule has 0 amide bonds. The third kappa shape index (κ3) is 2.24. The second kappa shape index (κ2) is 5.63. The van der Waals surface area contributed by atoms with Crippen LogP contribution in [0, 0.1) is 23.7 Å². The van der Waals surface area contributed by atoms with Crippen LogP contribution < -0.4 is 0 Å². The molecule has 0 saturated heterocycles. The first kappa shape index (κ1) is 15.2. The molecule has 4 aliphatic carbocycles. The molecule has 1 heteroatoms. The van der Waals surface area contributed by atoms with E-state index in [1.54, 1.807) is 0 Å². The molecule has 0 heterocycles. The zero-order valence-corrected chi connectivity index (χ0v) is 14.3. The smallest absolute Gasteiger partial charge is 0.0958 e. The second-order valence-electron chi connectivity index (χ2n) is 7.92. The van der Waals surface area contributed by atoms with Gasteiger partial charge < -0.3 is 5.11 Å². The minimum atomic E-state index is -0.611. The van der Waals surface area contributed by atoms with Gasteiger partial charge in [-0.25, -0.2) is 0 Å². The predicted molar refractivity (Wildman–Crippen MR) is 95.8 cm³/mol. The van der Waals surface area contributed by atoms with Crippen molar-refractivity contribution in [2.45, 2.75) is 51.6 Å². The molecular formula is C22H28O. The molecule has 4 fully saturated rings. The Balaban J connectivity index is 1.82. The van der Waals surface area contributed by atoms with Gasteiger partial charge in [-0.05, 0) is 86.3 Å². The van der Waals surface area contributed by atoms with Crippen molar-refractivity contribution < 1.29 is 5.11 Å². The monoisotopic (exact) mass is 308 g/mol. The van der Waals surface area contributed by atoms with E-state index in [4.69, 9.17) is 0 Å². The second-order valence-corrected chi connectivity index (χ2v) is 7.92. The lowest BCUT2D eigenvalue weighted by Gasteiger charge is -2.59. The highest BCUT2D eigenvalue weighted by molar-refractivity contribution is 5.76. The molecule has 0 spiro atoms. The average molecular weight is 308 g/mol. The van der Waals surface area contributed by atoms with Crippen molar-refractivity contribution in [3.05, 3.63) is 53.6 Å². The van der Waals surface area contributed by atoms with E-state index >= 15 is 0 Å². The Morgan fingerprint density at radius 3 is 2.17 bits per heavy atom. The Bertz CT molecular complexity index is 624. The number of rotatable bonds is 3. The Labute approximate surface area is 140 Å². The molecule has 1 N–H and O–H groups in total. The van der Waals surface area contributed by atoms with E-state index in [-0.39, 0.29) is 0 Å². The van der Waals surface area contributed by atoms with Crippen LogP contribution in [0.4, 0.5) is 0 Å². The summed E-state index contributed by atoms with van der Waals surface area (Å²) in [6.07, 6.45) is 12.8. The summed E-state index contributed by atoms with van der Waals surface area (Å²) in [4.78, 5) is 0. The van der Waals surface area contributed by atoms with Gasteiger partial charge in [0.15, 0.2) is 0 Å². The Kier molecular flexibility index (Phi) is 3.72. The van der Waals surface area contributed by atoms with Gasteiger partial charge in [-0.15, -0.1) is 0 Å². The molecule has 23 heavy (non-hydrogen) atoms. The zero-order chi connectivity index (χ0) is 16.0. The van der Waals surface area contributed by atoms with Gasteiger partial charge in [0.1, 0.15) is 0 Å². The molecule has 5 rings (SSSR count). The van der Waals surface area contributed by atoms with Crippen LogP contribution >= 0.6 is 0 Å². The highest BCUT2D eigenvalue weighted by Gasteiger charge is 2.57. The van der Waals surface area contributed by atoms with Crippen LogP contribution in [-0.2, 0) is 5.60 Å². The van der Waals surface area contributed by atoms with Crippen LogP contribution in [0.2, 0.25) is 0 Å². The van der Waals surface area contributed by atoms with E-state index in [0.29, 0.717) is 11.8 Å². The van der Waals surface area contributed by atoms with Crippen molar-refractivity contribution in [3.63, 3.8) is 0 Å². The van der Waals surface area contributed by atoms with Gasteiger partial charge in [0.05, 0.1) is 5.60 Å². The topological polar surface area (TPSA) is 20.2 Å². The summed E-state index contributed by atoms with van der Waals surface area (Å²) >= 11 is 0. The fourth-order valence-corrected chi connectivity index (χ4v) is 5.95. The van der Waals surface area contributed by atoms with Crippen LogP contribution in [0.3, 0.4) is 0 Å². The first-order valence-corrected chi connectivity index (χ1v) is 9.28. The minimum Gasteiger partial charge on any atom is -0.385 e. The van der Waals surface area contributed by atoms with Crippen LogP contribution in [0.25, 0.3) is 5.57 Å². The summed E-state index contributed by atoms with van der Waals surface area (Å²) < 4.78 is 0. The van der Waals surface area contributed by atoms with Crippen LogP contribution in [0.15, 0.2) is 42.5 Å². The van der Waals surface area contributed by atoms with Gasteiger partial charge in [0.25, 0.3) is 0 Å². The lowest BCUT2D eigenvalue weighted by Crippen LogP contribution is -2.55. The van der Waals surface area contributed by atoms with Gasteiger partial charge in [-0.2, -0.15) is 0 Å². The number of hydrogen-bond acceptors (Lipinski definition) is 1. The van der Waals surface area contributed by atoms with Crippen molar-refractivity contribution >= 4 is 5.57 Å². The molecule has 0 unspecified atom stereocenters. The van der Waals surface area contributed by atoms with Gasteiger partial charge in [-0.3, -0.25) is 0 Å². The highest BCUT2D eigenvalue weighted by atomic mass is 16.3. The maximum atomic E-state index is 11.9. The number of benzene rings is 1. The van der Waals surface area contributed by atoms with E-state index in [9.17, 15) is 5.11 Å². The largest absolute Gasteiger partial charge is 0.385 e. The molecule has 0 atom stereocenters. The molecule has 4 saturated carbocycles. The van der Waals surface area contributed by atoms with Crippen molar-refractivity contribution in [1.29, 1.82) is 0 Å². The van der Waals surface area contributed by atoms with Crippen molar-refractivity contribution in [2.75, 3.05) is 0 Å². The average Bonchev–Trinajstić information content (AvgIpc) is 2.57. The van der Waals surface area contributed by atoms with Gasteiger partial charge >= 0.3 is 0 Å². The molecule has 122 valence electrons. The van der Waals surface area contributed by atoms with Gasteiger partial charge in [-0.1, -0.05) is 42.5 Å². The highest BCUT2D eigenvalue weighted by Crippen LogP contribution is 2.62. The number of aliphatic hydroxyl groups is 1. The van der Waals surface area contributed by atoms with Crippen molar-refractivity contribution in [2.24, 2.45) is 23.7 Å². The third-order valence-electron chi connectivity index (χ3n) is 6.71. The first-order valence-electron chi connectivity index (χ1n) is 9.28. The Hall–Kier alpha value is -1.34. The summed E-state index contributed by atoms with van der Waals surface area (Å²) in [6.45, 7) is 4.15. The minimum absolute atomic E-state index is 0.462. The van der Waals surface area contributed by atoms with E-state index in [1.807, 2.05) is 0 Å². The molecule has 1 nitrogen and oxygen atoms in total. The molecule has 0 radical (unpaired) electrons. The molecule has 0 aliphatic heterocycles. The molecule has 0 aromatic heterocycles. The summed E-state index contributed by atoms with van der Waals surface area (Å²) in [5.41, 5.74) is 3.02. The Morgan fingerprint density at radius 1 is 1.00 bits per heavy atom. The summed E-state index contributed by atoms with van der Waals surface area (Å²) in [5.74, 6) is 2.68. The van der Waals surface area contributed by atoms with Crippen LogP contribution in [0.1, 0.15) is 57.1 Å². The van der Waals surface area contributed by atoms with E-state index in [2.05, 4.69) is 56.3 Å². The fourth-order valence-electron chi connectivity index (χ4n) is 5.95. The normalized spacial score (nSPS) is 39.3. The van der Waals surface area contributed by atoms with Crippen molar-refractivity contribution in [1.82, 2.24) is 0 Å². The zero-order valence-electron chi connectivity index (χ0n) is 14.3. The van der Waals surface area contributed by atoms with Crippen LogP contribution in [0.5, 0.6) is 0 Å². The number of hydrogen-bond donors (Lipinski definition) is 1. The molecule has 4 bridgehead atoms. The summed E-state index contributed by atoms with van der Waals surface area (Å²) in [5, 5.41) is 11.9. The molecule has 1 aromatic rings. The molecule has 1 aromatic carbocycles. The van der Waals surface area contributed by atoms with E-state index in [1.165, 1.54) is 48.8 Å². The van der Waals surface area contributed by atoms with E-state index < -0.39 is 5.60 Å². The number of allylic oxidation sites excluding steroid dienone is 4. The lowest BCUT2D eigenvalue weighted by atomic mass is 9.48. The molecule has 4 aliphatic rings. The summed E-state index contributed by atoms with van der Waals surface area (Å²) in [7, 11) is 0. The summed E-state index contributed by atoms with van der Waals surface area (Å²) in [6, 6.07) is 8.58. The molecular weight excluding hydrogens is 280 g/mol. The maximum Gasteiger partial charge on any atom is 0.0958 e. The fraction of sp³-hybridized carbons (Fsp3) is 0.545. The van der Waals surface area contributed by atoms with Crippen LogP contribution in [-0.4, -0.2) is 5.11 Å².